The van der Waals surface area contributed by atoms with E-state index in [0.29, 0.717) is 6.61 Å². The molecule has 2 heteroatoms. The average Bonchev–Trinajstić information content (AvgIpc) is 2.07. The van der Waals surface area contributed by atoms with Gasteiger partial charge in [0.15, 0.2) is 0 Å². The van der Waals surface area contributed by atoms with E-state index in [2.05, 4.69) is 24.9 Å². The van der Waals surface area contributed by atoms with Crippen molar-refractivity contribution in [2.24, 2.45) is 0 Å². The molecule has 1 heterocycles. The van der Waals surface area contributed by atoms with E-state index in [1.54, 1.807) is 6.26 Å². The molecular formula is C9H15NO. The van der Waals surface area contributed by atoms with Crippen LogP contribution in [0.2, 0.25) is 0 Å². The van der Waals surface area contributed by atoms with Gasteiger partial charge >= 0.3 is 0 Å². The summed E-state index contributed by atoms with van der Waals surface area (Å²) in [5.74, 6) is 0. The highest BCUT2D eigenvalue weighted by Crippen LogP contribution is 2.07. The summed E-state index contributed by atoms with van der Waals surface area (Å²) in [5.41, 5.74) is 1.26. The van der Waals surface area contributed by atoms with Crippen molar-refractivity contribution in [1.29, 1.82) is 0 Å². The monoisotopic (exact) mass is 153 g/mol. The Morgan fingerprint density at radius 3 is 3.00 bits per heavy atom. The summed E-state index contributed by atoms with van der Waals surface area (Å²) in [4.78, 5) is 2.23. The second-order valence-corrected chi connectivity index (χ2v) is 2.72. The fourth-order valence-corrected chi connectivity index (χ4v) is 1.10. The third-order valence-corrected chi connectivity index (χ3v) is 1.74. The highest BCUT2D eigenvalue weighted by atomic mass is 16.5. The molecule has 0 atom stereocenters. The number of hydrogen-bond acceptors (Lipinski definition) is 2. The predicted octanol–water partition coefficient (Wildman–Crippen LogP) is 1.76. The fraction of sp³-hybridized carbons (Fsp3) is 0.556. The number of hydrogen-bond donors (Lipinski definition) is 0. The molecule has 11 heavy (non-hydrogen) atoms. The molecular weight excluding hydrogens is 138 g/mol. The lowest BCUT2D eigenvalue weighted by atomic mass is 10.3. The lowest BCUT2D eigenvalue weighted by Crippen LogP contribution is -2.22. The highest BCUT2D eigenvalue weighted by Gasteiger charge is 2.04. The van der Waals surface area contributed by atoms with Crippen molar-refractivity contribution in [3.05, 3.63) is 24.1 Å². The smallest absolute Gasteiger partial charge is 0.127 e. The summed E-state index contributed by atoms with van der Waals surface area (Å²) in [7, 11) is 2.10. The average molecular weight is 153 g/mol. The van der Waals surface area contributed by atoms with E-state index in [9.17, 15) is 0 Å². The normalized spacial score (nSPS) is 15.6. The summed E-state index contributed by atoms with van der Waals surface area (Å²) < 4.78 is 5.16. The molecule has 0 saturated heterocycles. The summed E-state index contributed by atoms with van der Waals surface area (Å²) in [6.07, 6.45) is 6.94. The molecule has 1 rings (SSSR count). The van der Waals surface area contributed by atoms with Crippen LogP contribution in [0.4, 0.5) is 0 Å². The van der Waals surface area contributed by atoms with Crippen LogP contribution in [-0.2, 0) is 4.74 Å². The number of likely N-dealkylation sites (N-methyl/N-ethyl adjacent to an activating group) is 1. The number of nitrogens with zero attached hydrogens (tertiary/aromatic N) is 1. The van der Waals surface area contributed by atoms with Gasteiger partial charge < -0.3 is 9.64 Å². The Kier molecular flexibility index (Phi) is 3.02. The molecule has 0 aromatic rings. The summed E-state index contributed by atoms with van der Waals surface area (Å²) >= 11 is 0. The van der Waals surface area contributed by atoms with Crippen LogP contribution >= 0.6 is 0 Å². The third kappa shape index (κ3) is 2.30. The molecule has 0 unspecified atom stereocenters. The van der Waals surface area contributed by atoms with Crippen molar-refractivity contribution in [2.45, 2.75) is 13.3 Å². The molecule has 0 saturated carbocycles. The Morgan fingerprint density at radius 2 is 2.45 bits per heavy atom. The van der Waals surface area contributed by atoms with Gasteiger partial charge in [0.05, 0.1) is 12.0 Å². The summed E-state index contributed by atoms with van der Waals surface area (Å²) in [6, 6.07) is 0. The van der Waals surface area contributed by atoms with Crippen LogP contribution in [0.1, 0.15) is 13.3 Å². The van der Waals surface area contributed by atoms with Gasteiger partial charge in [-0.15, -0.1) is 0 Å². The zero-order chi connectivity index (χ0) is 8.10. The van der Waals surface area contributed by atoms with Crippen LogP contribution in [0.5, 0.6) is 0 Å². The van der Waals surface area contributed by atoms with Crippen molar-refractivity contribution in [2.75, 3.05) is 20.2 Å². The lowest BCUT2D eigenvalue weighted by molar-refractivity contribution is 0.234. The van der Waals surface area contributed by atoms with Crippen LogP contribution in [0.25, 0.3) is 0 Å². The molecule has 0 radical (unpaired) electrons. The van der Waals surface area contributed by atoms with Crippen molar-refractivity contribution in [3.63, 3.8) is 0 Å². The maximum Gasteiger partial charge on any atom is 0.127 e. The van der Waals surface area contributed by atoms with E-state index >= 15 is 0 Å². The zero-order valence-electron chi connectivity index (χ0n) is 7.21. The zero-order valence-corrected chi connectivity index (χ0v) is 7.21. The molecule has 0 fully saturated rings. The molecule has 2 nitrogen and oxygen atoms in total. The van der Waals surface area contributed by atoms with E-state index in [-0.39, 0.29) is 0 Å². The van der Waals surface area contributed by atoms with Gasteiger partial charge in [-0.3, -0.25) is 0 Å². The molecule has 62 valence electrons. The maximum absolute atomic E-state index is 5.16. The Bertz CT molecular complexity index is 172. The van der Waals surface area contributed by atoms with Gasteiger partial charge in [0.2, 0.25) is 0 Å². The van der Waals surface area contributed by atoms with Crippen LogP contribution in [0.3, 0.4) is 0 Å². The van der Waals surface area contributed by atoms with Gasteiger partial charge in [0, 0.05) is 13.6 Å². The fourth-order valence-electron chi connectivity index (χ4n) is 1.10. The van der Waals surface area contributed by atoms with Crippen molar-refractivity contribution in [1.82, 2.24) is 4.90 Å². The SMILES string of the molecule is CCCN(C)C1=CC=COC1. The number of ether oxygens (including phenoxy) is 1. The largest absolute Gasteiger partial charge is 0.495 e. The topological polar surface area (TPSA) is 12.5 Å². The number of allylic oxidation sites excluding steroid dienone is 2. The Morgan fingerprint density at radius 1 is 1.64 bits per heavy atom. The summed E-state index contributed by atoms with van der Waals surface area (Å²) in [6.45, 7) is 3.99. The van der Waals surface area contributed by atoms with Gasteiger partial charge in [0.1, 0.15) is 6.61 Å². The first kappa shape index (κ1) is 8.18. The standard InChI is InChI=1S/C9H15NO/c1-3-6-10(2)9-5-4-7-11-8-9/h4-5,7H,3,6,8H2,1-2H3. The minimum atomic E-state index is 0.715. The summed E-state index contributed by atoms with van der Waals surface area (Å²) in [5, 5.41) is 0. The van der Waals surface area contributed by atoms with Gasteiger partial charge in [0.25, 0.3) is 0 Å². The van der Waals surface area contributed by atoms with Crippen LogP contribution in [0, 0.1) is 0 Å². The molecule has 0 N–H and O–H groups in total. The van der Waals surface area contributed by atoms with Crippen molar-refractivity contribution < 1.29 is 4.74 Å². The Balaban J connectivity index is 2.44. The molecule has 1 aliphatic heterocycles. The minimum Gasteiger partial charge on any atom is -0.495 e. The minimum absolute atomic E-state index is 0.715. The van der Waals surface area contributed by atoms with E-state index in [1.165, 1.54) is 12.1 Å². The maximum atomic E-state index is 5.16. The molecule has 0 bridgehead atoms. The van der Waals surface area contributed by atoms with E-state index in [0.717, 1.165) is 6.54 Å². The first-order chi connectivity index (χ1) is 5.34. The Labute approximate surface area is 68.1 Å². The van der Waals surface area contributed by atoms with Gasteiger partial charge in [-0.25, -0.2) is 0 Å². The van der Waals surface area contributed by atoms with Crippen LogP contribution in [0.15, 0.2) is 24.1 Å². The number of rotatable bonds is 3. The van der Waals surface area contributed by atoms with E-state index in [1.807, 2.05) is 6.08 Å². The second kappa shape index (κ2) is 4.06. The van der Waals surface area contributed by atoms with Crippen molar-refractivity contribution in [3.8, 4) is 0 Å². The lowest BCUT2D eigenvalue weighted by Gasteiger charge is -2.22. The first-order valence-electron chi connectivity index (χ1n) is 4.03. The molecule has 0 aromatic heterocycles. The Hall–Kier alpha value is -0.920. The predicted molar refractivity (Wildman–Crippen MR) is 46.1 cm³/mol. The quantitative estimate of drug-likeness (QED) is 0.612. The van der Waals surface area contributed by atoms with E-state index < -0.39 is 0 Å². The van der Waals surface area contributed by atoms with E-state index in [4.69, 9.17) is 4.74 Å². The molecule has 0 aliphatic carbocycles. The first-order valence-corrected chi connectivity index (χ1v) is 4.03. The highest BCUT2D eigenvalue weighted by molar-refractivity contribution is 5.13. The van der Waals surface area contributed by atoms with Gasteiger partial charge in [-0.2, -0.15) is 0 Å². The molecule has 1 aliphatic rings. The van der Waals surface area contributed by atoms with Crippen LogP contribution < -0.4 is 0 Å². The molecule has 0 aromatic carbocycles. The second-order valence-electron chi connectivity index (χ2n) is 2.72. The third-order valence-electron chi connectivity index (χ3n) is 1.74. The van der Waals surface area contributed by atoms with Gasteiger partial charge in [-0.1, -0.05) is 6.92 Å². The molecule has 0 spiro atoms. The van der Waals surface area contributed by atoms with Gasteiger partial charge in [-0.05, 0) is 18.6 Å². The van der Waals surface area contributed by atoms with Crippen LogP contribution in [-0.4, -0.2) is 25.1 Å². The molecule has 0 amide bonds. The van der Waals surface area contributed by atoms with Crippen molar-refractivity contribution >= 4 is 0 Å².